The number of rotatable bonds is 3. The van der Waals surface area contributed by atoms with Crippen molar-refractivity contribution in [1.29, 1.82) is 0 Å². The molecule has 0 N–H and O–H groups in total. The van der Waals surface area contributed by atoms with Crippen LogP contribution in [-0.2, 0) is 19.1 Å². The lowest BCUT2D eigenvalue weighted by Crippen LogP contribution is -1.97. The Bertz CT molecular complexity index is 207. The van der Waals surface area contributed by atoms with Gasteiger partial charge < -0.3 is 9.47 Å². The molecule has 0 rings (SSSR count). The van der Waals surface area contributed by atoms with Crippen LogP contribution in [0.1, 0.15) is 13.8 Å². The minimum Gasteiger partial charge on any atom is -0.463 e. The van der Waals surface area contributed by atoms with Gasteiger partial charge >= 0.3 is 11.9 Å². The monoisotopic (exact) mass is 242 g/mol. The molecule has 0 aromatic rings. The van der Waals surface area contributed by atoms with Crippen molar-refractivity contribution in [1.82, 2.24) is 0 Å². The fourth-order valence-corrected chi connectivity index (χ4v) is 0.319. The third-order valence-electron chi connectivity index (χ3n) is 0.703. The Kier molecular flexibility index (Phi) is 41.6. The molecule has 0 unspecified atom stereocenters. The number of hydrogen-bond donors (Lipinski definition) is 0. The molecule has 0 aromatic heterocycles. The highest BCUT2D eigenvalue weighted by Crippen LogP contribution is 1.74. The highest BCUT2D eigenvalue weighted by Gasteiger charge is 1.86. The average molecular weight is 242 g/mol. The molecular formula is C13H22O4. The first-order valence-corrected chi connectivity index (χ1v) is 4.65. The number of ether oxygens (including phenoxy) is 2. The number of carbonyl (C=O) groups excluding carboxylic acids is 2. The molecule has 0 amide bonds. The van der Waals surface area contributed by atoms with Crippen LogP contribution in [0.5, 0.6) is 0 Å². The number of hydrogen-bond acceptors (Lipinski definition) is 4. The second-order valence-corrected chi connectivity index (χ2v) is 1.73. The summed E-state index contributed by atoms with van der Waals surface area (Å²) in [6.45, 7) is 21.9. The normalized spacial score (nSPS) is 6.00. The maximum Gasteiger partial charge on any atom is 0.330 e. The molecule has 0 bridgehead atoms. The highest BCUT2D eigenvalue weighted by molar-refractivity contribution is 5.81. The Morgan fingerprint density at radius 3 is 1.59 bits per heavy atom. The molecule has 0 aliphatic rings. The molecule has 0 saturated carbocycles. The van der Waals surface area contributed by atoms with Crippen molar-refractivity contribution in [3.05, 3.63) is 51.8 Å². The molecule has 0 fully saturated rings. The minimum absolute atomic E-state index is 0.329. The summed E-state index contributed by atoms with van der Waals surface area (Å²) < 4.78 is 8.60. The first kappa shape index (κ1) is 24.2. The van der Waals surface area contributed by atoms with Gasteiger partial charge in [-0.2, -0.15) is 0 Å². The van der Waals surface area contributed by atoms with E-state index in [0.717, 1.165) is 12.3 Å². The molecule has 98 valence electrons. The van der Waals surface area contributed by atoms with Crippen molar-refractivity contribution in [3.63, 3.8) is 0 Å². The van der Waals surface area contributed by atoms with Gasteiger partial charge in [0.1, 0.15) is 0 Å². The molecule has 4 heteroatoms. The smallest absolute Gasteiger partial charge is 0.330 e. The summed E-state index contributed by atoms with van der Waals surface area (Å²) in [6, 6.07) is 0. The lowest BCUT2D eigenvalue weighted by atomic mass is 10.6. The summed E-state index contributed by atoms with van der Waals surface area (Å²) in [5.74, 6) is -0.687. The zero-order valence-electron chi connectivity index (χ0n) is 10.7. The van der Waals surface area contributed by atoms with Crippen molar-refractivity contribution >= 4 is 11.9 Å². The second kappa shape index (κ2) is 29.2. The van der Waals surface area contributed by atoms with Crippen LogP contribution in [0.4, 0.5) is 0 Å². The van der Waals surface area contributed by atoms with Gasteiger partial charge in [0.2, 0.25) is 0 Å². The summed E-state index contributed by atoms with van der Waals surface area (Å²) in [5, 5.41) is 0. The first-order valence-electron chi connectivity index (χ1n) is 4.65. The first-order chi connectivity index (χ1) is 8.08. The fourth-order valence-electron chi connectivity index (χ4n) is 0.319. The highest BCUT2D eigenvalue weighted by atomic mass is 16.5. The molecule has 0 spiro atoms. The van der Waals surface area contributed by atoms with Crippen LogP contribution >= 0.6 is 0 Å². The van der Waals surface area contributed by atoms with Gasteiger partial charge in [0.05, 0.1) is 12.9 Å². The fraction of sp³-hybridized carbons (Fsp3) is 0.231. The topological polar surface area (TPSA) is 52.6 Å². The van der Waals surface area contributed by atoms with E-state index in [4.69, 9.17) is 0 Å². The molecule has 0 aromatic carbocycles. The van der Waals surface area contributed by atoms with E-state index in [-0.39, 0.29) is 11.9 Å². The maximum atomic E-state index is 10.1. The molecule has 0 atom stereocenters. The maximum absolute atomic E-state index is 10.1. The SMILES string of the molecule is C=C.C=C.C=CC(=O)OCC.C=COC(C)=O. The largest absolute Gasteiger partial charge is 0.463 e. The zero-order chi connectivity index (χ0) is 14.7. The minimum atomic E-state index is -0.359. The Balaban J connectivity index is -0.0000000772. The van der Waals surface area contributed by atoms with Crippen LogP contribution in [0.2, 0.25) is 0 Å². The van der Waals surface area contributed by atoms with Crippen LogP contribution in [0.15, 0.2) is 51.8 Å². The summed E-state index contributed by atoms with van der Waals surface area (Å²) in [7, 11) is 0. The molecule has 4 nitrogen and oxygen atoms in total. The van der Waals surface area contributed by atoms with Gasteiger partial charge in [-0.1, -0.05) is 13.2 Å². The molecule has 0 saturated heterocycles. The molecule has 17 heavy (non-hydrogen) atoms. The lowest BCUT2D eigenvalue weighted by molar-refractivity contribution is -0.137. The van der Waals surface area contributed by atoms with Gasteiger partial charge in [-0.3, -0.25) is 4.79 Å². The molecule has 0 aliphatic carbocycles. The van der Waals surface area contributed by atoms with Crippen LogP contribution < -0.4 is 0 Å². The van der Waals surface area contributed by atoms with Gasteiger partial charge in [-0.25, -0.2) is 4.79 Å². The zero-order valence-corrected chi connectivity index (χ0v) is 10.7. The summed E-state index contributed by atoms with van der Waals surface area (Å²) in [5.41, 5.74) is 0. The molecule has 0 radical (unpaired) electrons. The van der Waals surface area contributed by atoms with E-state index in [9.17, 15) is 9.59 Å². The van der Waals surface area contributed by atoms with Crippen LogP contribution in [0.25, 0.3) is 0 Å². The van der Waals surface area contributed by atoms with Crippen molar-refractivity contribution in [3.8, 4) is 0 Å². The Labute approximate surface area is 104 Å². The summed E-state index contributed by atoms with van der Waals surface area (Å²) >= 11 is 0. The van der Waals surface area contributed by atoms with E-state index in [1.807, 2.05) is 0 Å². The van der Waals surface area contributed by atoms with Gasteiger partial charge in [0, 0.05) is 13.0 Å². The predicted octanol–water partition coefficient (Wildman–Crippen LogP) is 3.03. The quantitative estimate of drug-likeness (QED) is 0.330. The number of carbonyl (C=O) groups is 2. The van der Waals surface area contributed by atoms with Crippen LogP contribution in [0.3, 0.4) is 0 Å². The van der Waals surface area contributed by atoms with Crippen molar-refractivity contribution in [2.75, 3.05) is 6.61 Å². The van der Waals surface area contributed by atoms with E-state index in [2.05, 4.69) is 48.9 Å². The van der Waals surface area contributed by atoms with Crippen molar-refractivity contribution in [2.45, 2.75) is 13.8 Å². The van der Waals surface area contributed by atoms with Crippen LogP contribution in [-0.4, -0.2) is 18.5 Å². The molecule has 0 aliphatic heterocycles. The molecule has 0 heterocycles. The Morgan fingerprint density at radius 1 is 1.12 bits per heavy atom. The third-order valence-corrected chi connectivity index (χ3v) is 0.703. The van der Waals surface area contributed by atoms with E-state index < -0.39 is 0 Å². The van der Waals surface area contributed by atoms with E-state index in [1.54, 1.807) is 6.92 Å². The third kappa shape index (κ3) is 56.5. The number of esters is 2. The van der Waals surface area contributed by atoms with Gasteiger partial charge in [-0.05, 0) is 6.92 Å². The van der Waals surface area contributed by atoms with E-state index in [0.29, 0.717) is 6.61 Å². The van der Waals surface area contributed by atoms with Gasteiger partial charge in [0.25, 0.3) is 0 Å². The average Bonchev–Trinajstić information content (AvgIpc) is 2.35. The van der Waals surface area contributed by atoms with E-state index in [1.165, 1.54) is 6.92 Å². The van der Waals surface area contributed by atoms with Crippen molar-refractivity contribution < 1.29 is 19.1 Å². The van der Waals surface area contributed by atoms with Gasteiger partial charge in [0.15, 0.2) is 0 Å². The Hall–Kier alpha value is -2.10. The van der Waals surface area contributed by atoms with Crippen molar-refractivity contribution in [2.24, 2.45) is 0 Å². The van der Waals surface area contributed by atoms with E-state index >= 15 is 0 Å². The second-order valence-electron chi connectivity index (χ2n) is 1.73. The summed E-state index contributed by atoms with van der Waals surface area (Å²) in [4.78, 5) is 19.8. The molecular weight excluding hydrogens is 220 g/mol. The van der Waals surface area contributed by atoms with Gasteiger partial charge in [-0.15, -0.1) is 26.3 Å². The standard InChI is InChI=1S/C5H8O2.C4H6O2.2C2H4/c1-3-5(6)7-4-2;1-3-6-4(2)5;2*1-2/h3H,1,4H2,2H3;3H,1H2,2H3;2*1-2H2. The van der Waals surface area contributed by atoms with Crippen LogP contribution in [0, 0.1) is 0 Å². The summed E-state index contributed by atoms with van der Waals surface area (Å²) in [6.07, 6.45) is 2.24. The lowest BCUT2D eigenvalue weighted by Gasteiger charge is -1.90. The Morgan fingerprint density at radius 2 is 1.53 bits per heavy atom. The predicted molar refractivity (Wildman–Crippen MR) is 71.3 cm³/mol.